The van der Waals surface area contributed by atoms with E-state index in [4.69, 9.17) is 4.74 Å². The third-order valence-corrected chi connectivity index (χ3v) is 5.70. The molecule has 2 aromatic heterocycles. The Morgan fingerprint density at radius 1 is 1.12 bits per heavy atom. The van der Waals surface area contributed by atoms with E-state index in [-0.39, 0.29) is 0 Å². The average Bonchev–Trinajstić information content (AvgIpc) is 3.57. The van der Waals surface area contributed by atoms with Crippen LogP contribution in [0, 0.1) is 0 Å². The smallest absolute Gasteiger partial charge is 0.416 e. The molecule has 0 unspecified atom stereocenters. The second-order valence-corrected chi connectivity index (χ2v) is 7.85. The summed E-state index contributed by atoms with van der Waals surface area (Å²) in [6, 6.07) is 16.9. The molecule has 0 saturated heterocycles. The maximum atomic E-state index is 12.4. The highest BCUT2D eigenvalue weighted by molar-refractivity contribution is 6.02. The molecule has 1 aliphatic carbocycles. The number of aromatic nitrogens is 2. The normalized spacial score (nSPS) is 13.2. The molecule has 0 spiro atoms. The van der Waals surface area contributed by atoms with Gasteiger partial charge in [-0.1, -0.05) is 30.3 Å². The lowest BCUT2D eigenvalue weighted by Gasteiger charge is -2.14. The van der Waals surface area contributed by atoms with Crippen molar-refractivity contribution in [2.45, 2.75) is 18.8 Å². The van der Waals surface area contributed by atoms with E-state index in [1.165, 1.54) is 17.9 Å². The Labute approximate surface area is 184 Å². The number of fused-ring (bicyclic) bond motifs is 1. The number of nitrogens with zero attached hydrogens (tertiary/aromatic N) is 2. The van der Waals surface area contributed by atoms with Crippen LogP contribution in [0.25, 0.3) is 22.0 Å². The van der Waals surface area contributed by atoms with E-state index in [2.05, 4.69) is 10.3 Å². The highest BCUT2D eigenvalue weighted by Crippen LogP contribution is 2.41. The molecule has 7 heteroatoms. The summed E-state index contributed by atoms with van der Waals surface area (Å²) in [6.45, 7) is 0. The van der Waals surface area contributed by atoms with E-state index in [1.807, 2.05) is 48.5 Å². The van der Waals surface area contributed by atoms with Crippen molar-refractivity contribution in [3.8, 4) is 11.1 Å². The van der Waals surface area contributed by atoms with E-state index < -0.39 is 12.1 Å². The van der Waals surface area contributed by atoms with Crippen LogP contribution in [0.4, 0.5) is 16.3 Å². The third kappa shape index (κ3) is 3.58. The molecule has 7 nitrogen and oxygen atoms in total. The molecule has 1 fully saturated rings. The van der Waals surface area contributed by atoms with Gasteiger partial charge in [0.1, 0.15) is 11.4 Å². The summed E-state index contributed by atoms with van der Waals surface area (Å²) < 4.78 is 6.19. The number of pyridine rings is 1. The fourth-order valence-corrected chi connectivity index (χ4v) is 3.97. The van der Waals surface area contributed by atoms with Crippen LogP contribution in [-0.2, 0) is 4.74 Å². The highest BCUT2D eigenvalue weighted by atomic mass is 16.5. The first-order valence-corrected chi connectivity index (χ1v) is 10.3. The monoisotopic (exact) mass is 427 g/mol. The zero-order valence-electron chi connectivity index (χ0n) is 17.4. The Hall–Kier alpha value is -4.13. The largest absolute Gasteiger partial charge is 0.465 e. The van der Waals surface area contributed by atoms with Crippen LogP contribution in [0.1, 0.15) is 34.7 Å². The molecule has 0 amide bonds. The maximum Gasteiger partial charge on any atom is 0.416 e. The first kappa shape index (κ1) is 19.8. The fourth-order valence-electron chi connectivity index (χ4n) is 3.97. The van der Waals surface area contributed by atoms with Gasteiger partial charge in [0.15, 0.2) is 0 Å². The molecule has 2 heterocycles. The van der Waals surface area contributed by atoms with Crippen molar-refractivity contribution in [1.82, 2.24) is 9.55 Å². The van der Waals surface area contributed by atoms with Gasteiger partial charge in [0.05, 0.1) is 12.6 Å². The molecular weight excluding hydrogens is 406 g/mol. The minimum Gasteiger partial charge on any atom is -0.465 e. The van der Waals surface area contributed by atoms with Gasteiger partial charge in [0.25, 0.3) is 0 Å². The van der Waals surface area contributed by atoms with Gasteiger partial charge >= 0.3 is 12.1 Å². The molecule has 1 aliphatic rings. The molecule has 0 radical (unpaired) electrons. The molecule has 2 aromatic carbocycles. The van der Waals surface area contributed by atoms with E-state index in [9.17, 15) is 14.7 Å². The zero-order valence-corrected chi connectivity index (χ0v) is 17.4. The number of carbonyl (C=O) groups is 2. The number of esters is 1. The van der Waals surface area contributed by atoms with Crippen molar-refractivity contribution in [3.05, 3.63) is 78.1 Å². The minimum absolute atomic E-state index is 0.376. The number of carbonyl (C=O) groups excluding carboxylic acids is 1. The Kier molecular flexibility index (Phi) is 4.86. The van der Waals surface area contributed by atoms with Crippen molar-refractivity contribution >= 4 is 34.5 Å². The predicted molar refractivity (Wildman–Crippen MR) is 122 cm³/mol. The summed E-state index contributed by atoms with van der Waals surface area (Å²) >= 11 is 0. The lowest BCUT2D eigenvalue weighted by molar-refractivity contribution is 0.0601. The van der Waals surface area contributed by atoms with Crippen LogP contribution in [0.5, 0.6) is 0 Å². The van der Waals surface area contributed by atoms with E-state index in [0.29, 0.717) is 28.5 Å². The van der Waals surface area contributed by atoms with Gasteiger partial charge in [-0.3, -0.25) is 4.57 Å². The molecule has 1 saturated carbocycles. The van der Waals surface area contributed by atoms with Crippen molar-refractivity contribution < 1.29 is 19.4 Å². The lowest BCUT2D eigenvalue weighted by Crippen LogP contribution is -2.09. The van der Waals surface area contributed by atoms with Gasteiger partial charge in [0, 0.05) is 29.0 Å². The quantitative estimate of drug-likeness (QED) is 0.401. The summed E-state index contributed by atoms with van der Waals surface area (Å²) in [6.07, 6.45) is 4.48. The molecule has 0 atom stereocenters. The predicted octanol–water partition coefficient (Wildman–Crippen LogP) is 5.64. The summed E-state index contributed by atoms with van der Waals surface area (Å²) in [5, 5.41) is 13.6. The Morgan fingerprint density at radius 3 is 2.59 bits per heavy atom. The topological polar surface area (TPSA) is 93.5 Å². The van der Waals surface area contributed by atoms with Gasteiger partial charge in [-0.2, -0.15) is 0 Å². The van der Waals surface area contributed by atoms with Crippen LogP contribution in [0.15, 0.2) is 67.0 Å². The van der Waals surface area contributed by atoms with Gasteiger partial charge in [0.2, 0.25) is 0 Å². The van der Waals surface area contributed by atoms with Crippen molar-refractivity contribution in [1.29, 1.82) is 0 Å². The molecule has 4 aromatic rings. The number of methoxy groups -OCH3 is 1. The van der Waals surface area contributed by atoms with Crippen LogP contribution in [0.2, 0.25) is 0 Å². The number of nitrogens with one attached hydrogen (secondary N) is 1. The summed E-state index contributed by atoms with van der Waals surface area (Å²) in [7, 11) is 1.35. The summed E-state index contributed by atoms with van der Waals surface area (Å²) in [5.41, 5.74) is 4.34. The Morgan fingerprint density at radius 2 is 1.91 bits per heavy atom. The van der Waals surface area contributed by atoms with Crippen LogP contribution >= 0.6 is 0 Å². The van der Waals surface area contributed by atoms with Crippen LogP contribution in [-0.4, -0.2) is 33.8 Å². The number of anilines is 2. The number of benzene rings is 2. The number of hydrogen-bond acceptors (Lipinski definition) is 5. The second-order valence-electron chi connectivity index (χ2n) is 7.85. The van der Waals surface area contributed by atoms with Crippen molar-refractivity contribution in [3.63, 3.8) is 0 Å². The maximum absolute atomic E-state index is 12.4. The van der Waals surface area contributed by atoms with Gasteiger partial charge in [-0.25, -0.2) is 14.6 Å². The lowest BCUT2D eigenvalue weighted by atomic mass is 10.0. The third-order valence-electron chi connectivity index (χ3n) is 5.70. The number of carboxylic acid groups (broad SMARTS) is 1. The van der Waals surface area contributed by atoms with Gasteiger partial charge in [-0.05, 0) is 54.2 Å². The second kappa shape index (κ2) is 7.85. The van der Waals surface area contributed by atoms with E-state index >= 15 is 0 Å². The van der Waals surface area contributed by atoms with E-state index in [0.717, 1.165) is 34.9 Å². The van der Waals surface area contributed by atoms with Crippen molar-refractivity contribution in [2.24, 2.45) is 0 Å². The molecule has 0 aliphatic heterocycles. The summed E-state index contributed by atoms with van der Waals surface area (Å²) in [5.74, 6) is 0.401. The average molecular weight is 427 g/mol. The standard InChI is InChI=1S/C25H21N3O4/c1-32-24(29)21-12-18(15-7-8-15)14-26-23(21)27-19-11-17-9-10-28(25(30)31)22(17)20(13-19)16-5-3-2-4-6-16/h2-6,9-15H,7-8H2,1H3,(H,26,27)(H,30,31). The molecule has 2 N–H and O–H groups in total. The molecule has 160 valence electrons. The van der Waals surface area contributed by atoms with Gasteiger partial charge in [-0.15, -0.1) is 0 Å². The van der Waals surface area contributed by atoms with Crippen LogP contribution in [0.3, 0.4) is 0 Å². The fraction of sp³-hybridized carbons (Fsp3) is 0.160. The first-order valence-electron chi connectivity index (χ1n) is 10.3. The number of rotatable bonds is 5. The molecule has 0 bridgehead atoms. The molecule has 32 heavy (non-hydrogen) atoms. The van der Waals surface area contributed by atoms with Crippen molar-refractivity contribution in [2.75, 3.05) is 12.4 Å². The van der Waals surface area contributed by atoms with E-state index in [1.54, 1.807) is 12.3 Å². The molecular formula is C25H21N3O4. The number of hydrogen-bond donors (Lipinski definition) is 2. The Balaban J connectivity index is 1.63. The van der Waals surface area contributed by atoms with Gasteiger partial charge < -0.3 is 15.2 Å². The first-order chi connectivity index (χ1) is 15.5. The summed E-state index contributed by atoms with van der Waals surface area (Å²) in [4.78, 5) is 28.7. The highest BCUT2D eigenvalue weighted by Gasteiger charge is 2.26. The molecule has 5 rings (SSSR count). The SMILES string of the molecule is COC(=O)c1cc(C2CC2)cnc1Nc1cc(-c2ccccc2)c2c(ccn2C(=O)O)c1. The number of ether oxygens (including phenoxy) is 1. The Bertz CT molecular complexity index is 1340. The minimum atomic E-state index is -1.05. The van der Waals surface area contributed by atoms with Crippen LogP contribution < -0.4 is 5.32 Å². The zero-order chi connectivity index (χ0) is 22.2.